The summed E-state index contributed by atoms with van der Waals surface area (Å²) in [5, 5.41) is 12.4. The molecule has 4 nitrogen and oxygen atoms in total. The molecule has 1 heterocycles. The van der Waals surface area contributed by atoms with Crippen LogP contribution in [0.25, 0.3) is 0 Å². The molecular weight excluding hydrogens is 249 g/mol. The number of alkyl halides is 3. The van der Waals surface area contributed by atoms with Gasteiger partial charge in [0.25, 0.3) is 0 Å². The maximum atomic E-state index is 12.1. The van der Waals surface area contributed by atoms with Gasteiger partial charge in [-0.2, -0.15) is 13.2 Å². The molecule has 1 unspecified atom stereocenters. The zero-order valence-electron chi connectivity index (χ0n) is 10.4. The van der Waals surface area contributed by atoms with Crippen LogP contribution in [0.1, 0.15) is 26.2 Å². The second-order valence-electron chi connectivity index (χ2n) is 4.78. The van der Waals surface area contributed by atoms with Gasteiger partial charge in [0.15, 0.2) is 0 Å². The molecule has 0 bridgehead atoms. The molecule has 0 aliphatic carbocycles. The molecule has 18 heavy (non-hydrogen) atoms. The number of nitrogens with one attached hydrogen (secondary N) is 1. The highest BCUT2D eigenvalue weighted by molar-refractivity contribution is 5.78. The van der Waals surface area contributed by atoms with Crippen molar-refractivity contribution in [3.8, 4) is 0 Å². The number of carbonyl (C=O) groups is 1. The smallest absolute Gasteiger partial charge is 0.389 e. The van der Waals surface area contributed by atoms with Crippen molar-refractivity contribution in [3.63, 3.8) is 0 Å². The molecule has 0 spiro atoms. The summed E-state index contributed by atoms with van der Waals surface area (Å²) >= 11 is 0. The van der Waals surface area contributed by atoms with Crippen LogP contribution >= 0.6 is 0 Å². The second kappa shape index (κ2) is 5.88. The van der Waals surface area contributed by atoms with Crippen LogP contribution in [0, 0.1) is 0 Å². The minimum atomic E-state index is -4.22. The highest BCUT2D eigenvalue weighted by Crippen LogP contribution is 2.28. The van der Waals surface area contributed by atoms with Crippen molar-refractivity contribution in [2.75, 3.05) is 26.2 Å². The standard InChI is InChI=1S/C11H19F3N2O2/c1-10(9(17)18,3-2-4-11(12,13)14)16-7-5-15-6-8-16/h15H,2-8H2,1H3,(H,17,18). The monoisotopic (exact) mass is 268 g/mol. The summed E-state index contributed by atoms with van der Waals surface area (Å²) in [5.74, 6) is -1.05. The van der Waals surface area contributed by atoms with Crippen molar-refractivity contribution in [1.29, 1.82) is 0 Å². The number of hydrogen-bond donors (Lipinski definition) is 2. The summed E-state index contributed by atoms with van der Waals surface area (Å²) in [6, 6.07) is 0. The van der Waals surface area contributed by atoms with Gasteiger partial charge in [0, 0.05) is 32.6 Å². The topological polar surface area (TPSA) is 52.6 Å². The van der Waals surface area contributed by atoms with Gasteiger partial charge in [0.05, 0.1) is 0 Å². The molecule has 0 saturated carbocycles. The Hall–Kier alpha value is -0.820. The molecule has 1 fully saturated rings. The third-order valence-corrected chi connectivity index (χ3v) is 3.40. The minimum Gasteiger partial charge on any atom is -0.480 e. The van der Waals surface area contributed by atoms with Crippen LogP contribution in [0.3, 0.4) is 0 Å². The van der Waals surface area contributed by atoms with Crippen LogP contribution in [0.4, 0.5) is 13.2 Å². The zero-order valence-corrected chi connectivity index (χ0v) is 10.4. The fourth-order valence-electron chi connectivity index (χ4n) is 2.19. The van der Waals surface area contributed by atoms with Crippen molar-refractivity contribution < 1.29 is 23.1 Å². The Kier molecular flexibility index (Phi) is 4.98. The van der Waals surface area contributed by atoms with Crippen LogP contribution in [-0.2, 0) is 4.79 Å². The van der Waals surface area contributed by atoms with Gasteiger partial charge in [-0.3, -0.25) is 9.69 Å². The molecule has 7 heteroatoms. The molecule has 106 valence electrons. The molecular formula is C11H19F3N2O2. The first kappa shape index (κ1) is 15.2. The molecule has 1 aliphatic heterocycles. The van der Waals surface area contributed by atoms with E-state index in [-0.39, 0.29) is 12.8 Å². The lowest BCUT2D eigenvalue weighted by Gasteiger charge is -2.40. The number of piperazine rings is 1. The van der Waals surface area contributed by atoms with Gasteiger partial charge in [0.2, 0.25) is 0 Å². The predicted molar refractivity (Wildman–Crippen MR) is 60.4 cm³/mol. The molecule has 1 rings (SSSR count). The Morgan fingerprint density at radius 1 is 1.28 bits per heavy atom. The lowest BCUT2D eigenvalue weighted by molar-refractivity contribution is -0.154. The quantitative estimate of drug-likeness (QED) is 0.793. The van der Waals surface area contributed by atoms with E-state index in [1.807, 2.05) is 0 Å². The van der Waals surface area contributed by atoms with Gasteiger partial charge in [-0.25, -0.2) is 0 Å². The number of halogens is 3. The van der Waals surface area contributed by atoms with Gasteiger partial charge >= 0.3 is 12.1 Å². The summed E-state index contributed by atoms with van der Waals surface area (Å²) in [6.45, 7) is 3.95. The van der Waals surface area contributed by atoms with Crippen LogP contribution in [0.2, 0.25) is 0 Å². The zero-order chi connectivity index (χ0) is 13.8. The maximum Gasteiger partial charge on any atom is 0.389 e. The first-order valence-corrected chi connectivity index (χ1v) is 6.01. The van der Waals surface area contributed by atoms with E-state index in [0.717, 1.165) is 0 Å². The molecule has 0 radical (unpaired) electrons. The minimum absolute atomic E-state index is 0.0157. The van der Waals surface area contributed by atoms with Crippen LogP contribution < -0.4 is 5.32 Å². The van der Waals surface area contributed by atoms with E-state index >= 15 is 0 Å². The van der Waals surface area contributed by atoms with Crippen molar-refractivity contribution in [1.82, 2.24) is 10.2 Å². The number of aliphatic carboxylic acids is 1. The van der Waals surface area contributed by atoms with Crippen molar-refractivity contribution >= 4 is 5.97 Å². The Morgan fingerprint density at radius 3 is 2.28 bits per heavy atom. The Balaban J connectivity index is 2.59. The van der Waals surface area contributed by atoms with E-state index < -0.39 is 24.1 Å². The largest absolute Gasteiger partial charge is 0.480 e. The summed E-state index contributed by atoms with van der Waals surface area (Å²) in [4.78, 5) is 13.1. The number of nitrogens with zero attached hydrogens (tertiary/aromatic N) is 1. The Bertz CT molecular complexity index is 291. The molecule has 1 atom stereocenters. The molecule has 2 N–H and O–H groups in total. The van der Waals surface area contributed by atoms with Crippen LogP contribution in [-0.4, -0.2) is 53.9 Å². The number of carboxylic acid groups (broad SMARTS) is 1. The molecule has 0 aromatic heterocycles. The van der Waals surface area contributed by atoms with Gasteiger partial charge in [0.1, 0.15) is 5.54 Å². The molecule has 1 saturated heterocycles. The van der Waals surface area contributed by atoms with Crippen molar-refractivity contribution in [2.45, 2.75) is 37.9 Å². The fraction of sp³-hybridized carbons (Fsp3) is 0.909. The van der Waals surface area contributed by atoms with Gasteiger partial charge in [-0.1, -0.05) is 0 Å². The number of hydrogen-bond acceptors (Lipinski definition) is 3. The number of rotatable bonds is 5. The van der Waals surface area contributed by atoms with E-state index in [4.69, 9.17) is 0 Å². The van der Waals surface area contributed by atoms with Crippen molar-refractivity contribution in [3.05, 3.63) is 0 Å². The maximum absolute atomic E-state index is 12.1. The van der Waals surface area contributed by atoms with E-state index in [0.29, 0.717) is 26.2 Å². The third-order valence-electron chi connectivity index (χ3n) is 3.40. The highest BCUT2D eigenvalue weighted by Gasteiger charge is 2.40. The predicted octanol–water partition coefficient (Wildman–Crippen LogP) is 1.47. The lowest BCUT2D eigenvalue weighted by atomic mass is 9.92. The van der Waals surface area contributed by atoms with Gasteiger partial charge in [-0.15, -0.1) is 0 Å². The van der Waals surface area contributed by atoms with E-state index in [9.17, 15) is 23.1 Å². The van der Waals surface area contributed by atoms with Crippen LogP contribution in [0.15, 0.2) is 0 Å². The fourth-order valence-corrected chi connectivity index (χ4v) is 2.19. The van der Waals surface area contributed by atoms with Gasteiger partial charge < -0.3 is 10.4 Å². The second-order valence-corrected chi connectivity index (χ2v) is 4.78. The average molecular weight is 268 g/mol. The van der Waals surface area contributed by atoms with Crippen molar-refractivity contribution in [2.24, 2.45) is 0 Å². The first-order chi connectivity index (χ1) is 8.26. The summed E-state index contributed by atoms with van der Waals surface area (Å²) < 4.78 is 36.3. The van der Waals surface area contributed by atoms with Gasteiger partial charge in [-0.05, 0) is 19.8 Å². The highest BCUT2D eigenvalue weighted by atomic mass is 19.4. The normalized spacial score (nSPS) is 21.6. The SMILES string of the molecule is CC(CCCC(F)(F)F)(C(=O)O)N1CCNCC1. The summed E-state index contributed by atoms with van der Waals surface area (Å²) in [7, 11) is 0. The molecule has 0 aromatic rings. The van der Waals surface area contributed by atoms with E-state index in [2.05, 4.69) is 5.32 Å². The molecule has 0 aromatic carbocycles. The molecule has 1 aliphatic rings. The van der Waals surface area contributed by atoms with Crippen LogP contribution in [0.5, 0.6) is 0 Å². The third kappa shape index (κ3) is 4.13. The lowest BCUT2D eigenvalue weighted by Crippen LogP contribution is -2.58. The Morgan fingerprint density at radius 2 is 1.83 bits per heavy atom. The van der Waals surface area contributed by atoms with E-state index in [1.54, 1.807) is 4.90 Å². The molecule has 0 amide bonds. The van der Waals surface area contributed by atoms with E-state index in [1.165, 1.54) is 6.92 Å². The summed E-state index contributed by atoms with van der Waals surface area (Å²) in [6.07, 6.45) is -5.29. The number of carboxylic acids is 1. The first-order valence-electron chi connectivity index (χ1n) is 6.01. The average Bonchev–Trinajstić information content (AvgIpc) is 2.28. The Labute approximate surface area is 104 Å². The summed E-state index contributed by atoms with van der Waals surface area (Å²) in [5.41, 5.74) is -1.20.